The van der Waals surface area contributed by atoms with E-state index in [2.05, 4.69) is 4.98 Å². The predicted molar refractivity (Wildman–Crippen MR) is 94.1 cm³/mol. The van der Waals surface area contributed by atoms with Crippen molar-refractivity contribution in [1.82, 2.24) is 18.5 Å². The largest absolute Gasteiger partial charge is 0.339 e. The lowest BCUT2D eigenvalue weighted by Crippen LogP contribution is -2.53. The molecule has 0 aromatic carbocycles. The zero-order chi connectivity index (χ0) is 18.9. The highest BCUT2D eigenvalue weighted by molar-refractivity contribution is 7.89. The van der Waals surface area contributed by atoms with Gasteiger partial charge in [0.15, 0.2) is 0 Å². The Hall–Kier alpha value is -1.56. The predicted octanol–water partition coefficient (Wildman–Crippen LogP) is -0.661. The summed E-state index contributed by atoms with van der Waals surface area (Å²) in [4.78, 5) is 18.1. The Morgan fingerprint density at radius 2 is 1.85 bits per heavy atom. The average molecular weight is 402 g/mol. The zero-order valence-electron chi connectivity index (χ0n) is 14.5. The molecular formula is C15H22N4O5S2. The van der Waals surface area contributed by atoms with Crippen molar-refractivity contribution >= 4 is 26.0 Å². The van der Waals surface area contributed by atoms with Gasteiger partial charge in [0.2, 0.25) is 26.0 Å². The first-order chi connectivity index (χ1) is 12.2. The fraction of sp³-hybridized carbons (Fsp3) is 0.600. The Labute approximate surface area is 153 Å². The Balaban J connectivity index is 1.69. The van der Waals surface area contributed by atoms with E-state index in [0.29, 0.717) is 0 Å². The van der Waals surface area contributed by atoms with Gasteiger partial charge in [0.05, 0.1) is 12.8 Å². The molecule has 0 unspecified atom stereocenters. The number of amides is 1. The van der Waals surface area contributed by atoms with Gasteiger partial charge >= 0.3 is 0 Å². The quantitative estimate of drug-likeness (QED) is 0.625. The molecular weight excluding hydrogens is 380 g/mol. The summed E-state index contributed by atoms with van der Waals surface area (Å²) in [5.74, 6) is -0.308. The van der Waals surface area contributed by atoms with Gasteiger partial charge in [-0.2, -0.15) is 8.61 Å². The van der Waals surface area contributed by atoms with Crippen molar-refractivity contribution in [1.29, 1.82) is 0 Å². The summed E-state index contributed by atoms with van der Waals surface area (Å²) in [7, 11) is -7.07. The van der Waals surface area contributed by atoms with Crippen LogP contribution in [0.25, 0.3) is 0 Å². The minimum atomic E-state index is -3.79. The van der Waals surface area contributed by atoms with Gasteiger partial charge in [-0.25, -0.2) is 16.8 Å². The lowest BCUT2D eigenvalue weighted by atomic mass is 10.3. The van der Waals surface area contributed by atoms with E-state index in [1.54, 1.807) is 6.07 Å². The number of carbonyl (C=O) groups excluding carboxylic acids is 1. The van der Waals surface area contributed by atoms with Crippen molar-refractivity contribution in [2.75, 3.05) is 39.0 Å². The molecule has 1 aromatic rings. The molecule has 3 rings (SSSR count). The summed E-state index contributed by atoms with van der Waals surface area (Å²) in [6.07, 6.45) is 5.37. The van der Waals surface area contributed by atoms with Gasteiger partial charge in [-0.1, -0.05) is 0 Å². The Kier molecular flexibility index (Phi) is 5.33. The number of piperazine rings is 1. The standard InChI is InChI=1S/C15H22N4O5S2/c1-25(21,22)18-9-7-17(8-10-18)15(20)12-19(13-4-5-13)26(23,24)14-3-2-6-16-11-14/h2-3,6,11,13H,4-5,7-10,12H2,1H3. The lowest BCUT2D eigenvalue weighted by molar-refractivity contribution is -0.132. The summed E-state index contributed by atoms with van der Waals surface area (Å²) < 4.78 is 51.4. The highest BCUT2D eigenvalue weighted by Gasteiger charge is 2.40. The maximum absolute atomic E-state index is 12.8. The third-order valence-electron chi connectivity index (χ3n) is 4.55. The van der Waals surface area contributed by atoms with Crippen LogP contribution in [-0.4, -0.2) is 86.3 Å². The third-order valence-corrected chi connectivity index (χ3v) is 7.73. The molecule has 0 atom stereocenters. The molecule has 1 saturated carbocycles. The molecule has 0 spiro atoms. The van der Waals surface area contributed by atoms with Crippen LogP contribution in [-0.2, 0) is 24.8 Å². The van der Waals surface area contributed by atoms with Gasteiger partial charge in [0.1, 0.15) is 4.90 Å². The van der Waals surface area contributed by atoms with Crippen molar-refractivity contribution in [2.24, 2.45) is 0 Å². The fourth-order valence-electron chi connectivity index (χ4n) is 2.91. The fourth-order valence-corrected chi connectivity index (χ4v) is 5.34. The van der Waals surface area contributed by atoms with Gasteiger partial charge in [-0.15, -0.1) is 0 Å². The molecule has 1 aliphatic heterocycles. The van der Waals surface area contributed by atoms with Crippen LogP contribution in [0.5, 0.6) is 0 Å². The summed E-state index contributed by atoms with van der Waals surface area (Å²) in [6.45, 7) is 0.738. The van der Waals surface area contributed by atoms with Crippen LogP contribution in [0.15, 0.2) is 29.4 Å². The maximum atomic E-state index is 12.8. The van der Waals surface area contributed by atoms with Gasteiger partial charge in [-0.3, -0.25) is 9.78 Å². The minimum absolute atomic E-state index is 0.0709. The minimum Gasteiger partial charge on any atom is -0.339 e. The van der Waals surface area contributed by atoms with E-state index >= 15 is 0 Å². The van der Waals surface area contributed by atoms with Crippen molar-refractivity contribution in [2.45, 2.75) is 23.8 Å². The molecule has 26 heavy (non-hydrogen) atoms. The van der Waals surface area contributed by atoms with E-state index in [9.17, 15) is 21.6 Å². The van der Waals surface area contributed by atoms with Crippen LogP contribution in [0.2, 0.25) is 0 Å². The first-order valence-electron chi connectivity index (χ1n) is 8.34. The Morgan fingerprint density at radius 3 is 2.35 bits per heavy atom. The molecule has 0 radical (unpaired) electrons. The number of pyridine rings is 1. The molecule has 2 heterocycles. The molecule has 9 nitrogen and oxygen atoms in total. The second-order valence-electron chi connectivity index (χ2n) is 6.51. The van der Waals surface area contributed by atoms with Crippen LogP contribution < -0.4 is 0 Å². The average Bonchev–Trinajstić information content (AvgIpc) is 3.44. The normalized spacial score (nSPS) is 19.7. The van der Waals surface area contributed by atoms with E-state index in [4.69, 9.17) is 0 Å². The smallest absolute Gasteiger partial charge is 0.245 e. The van der Waals surface area contributed by atoms with Crippen LogP contribution >= 0.6 is 0 Å². The van der Waals surface area contributed by atoms with E-state index in [1.165, 1.54) is 32.0 Å². The second kappa shape index (κ2) is 7.22. The van der Waals surface area contributed by atoms with Crippen molar-refractivity contribution in [3.8, 4) is 0 Å². The molecule has 2 aliphatic rings. The van der Waals surface area contributed by atoms with Gasteiger partial charge in [0.25, 0.3) is 0 Å². The van der Waals surface area contributed by atoms with Crippen LogP contribution in [0.4, 0.5) is 0 Å². The number of carbonyl (C=O) groups is 1. The van der Waals surface area contributed by atoms with Crippen molar-refractivity contribution < 1.29 is 21.6 Å². The molecule has 11 heteroatoms. The third kappa shape index (κ3) is 4.22. The lowest BCUT2D eigenvalue weighted by Gasteiger charge is -2.34. The number of sulfonamides is 2. The van der Waals surface area contributed by atoms with E-state index < -0.39 is 20.0 Å². The van der Waals surface area contributed by atoms with Crippen molar-refractivity contribution in [3.63, 3.8) is 0 Å². The van der Waals surface area contributed by atoms with Gasteiger partial charge in [-0.05, 0) is 25.0 Å². The summed E-state index contributed by atoms with van der Waals surface area (Å²) in [5, 5.41) is 0. The van der Waals surface area contributed by atoms with E-state index in [-0.39, 0.29) is 49.6 Å². The van der Waals surface area contributed by atoms with Gasteiger partial charge in [0, 0.05) is 44.6 Å². The van der Waals surface area contributed by atoms with E-state index in [0.717, 1.165) is 19.1 Å². The monoisotopic (exact) mass is 402 g/mol. The molecule has 144 valence electrons. The van der Waals surface area contributed by atoms with E-state index in [1.807, 2.05) is 0 Å². The highest BCUT2D eigenvalue weighted by atomic mass is 32.2. The summed E-state index contributed by atoms with van der Waals surface area (Å²) >= 11 is 0. The number of aromatic nitrogens is 1. The van der Waals surface area contributed by atoms with Crippen LogP contribution in [0, 0.1) is 0 Å². The molecule has 1 amide bonds. The summed E-state index contributed by atoms with van der Waals surface area (Å²) in [6, 6.07) is 2.85. The molecule has 0 N–H and O–H groups in total. The molecule has 2 fully saturated rings. The van der Waals surface area contributed by atoms with Crippen LogP contribution in [0.1, 0.15) is 12.8 Å². The molecule has 1 aromatic heterocycles. The molecule has 1 saturated heterocycles. The van der Waals surface area contributed by atoms with Crippen molar-refractivity contribution in [3.05, 3.63) is 24.5 Å². The zero-order valence-corrected chi connectivity index (χ0v) is 16.1. The number of hydrogen-bond acceptors (Lipinski definition) is 6. The Morgan fingerprint density at radius 1 is 1.19 bits per heavy atom. The van der Waals surface area contributed by atoms with Crippen LogP contribution in [0.3, 0.4) is 0 Å². The molecule has 1 aliphatic carbocycles. The number of nitrogens with zero attached hydrogens (tertiary/aromatic N) is 4. The van der Waals surface area contributed by atoms with Gasteiger partial charge < -0.3 is 4.90 Å². The highest BCUT2D eigenvalue weighted by Crippen LogP contribution is 2.31. The Bertz CT molecular complexity index is 861. The topological polar surface area (TPSA) is 108 Å². The maximum Gasteiger partial charge on any atom is 0.245 e. The number of rotatable bonds is 6. The number of hydrogen-bond donors (Lipinski definition) is 0. The SMILES string of the molecule is CS(=O)(=O)N1CCN(C(=O)CN(C2CC2)S(=O)(=O)c2cccnc2)CC1. The first-order valence-corrected chi connectivity index (χ1v) is 11.6. The second-order valence-corrected chi connectivity index (χ2v) is 10.4. The molecule has 0 bridgehead atoms. The first kappa shape index (κ1) is 19.2. The summed E-state index contributed by atoms with van der Waals surface area (Å²) in [5.41, 5.74) is 0.